The minimum Gasteiger partial charge on any atom is -0.371 e. The molecule has 0 unspecified atom stereocenters. The van der Waals surface area contributed by atoms with Gasteiger partial charge in [-0.15, -0.1) is 0 Å². The van der Waals surface area contributed by atoms with Crippen LogP contribution in [0.2, 0.25) is 0 Å². The smallest absolute Gasteiger partial charge is 0.119 e. The highest BCUT2D eigenvalue weighted by atomic mass is 16.5. The molecule has 0 saturated heterocycles. The van der Waals surface area contributed by atoms with Gasteiger partial charge in [-0.25, -0.2) is 0 Å². The zero-order valence-electron chi connectivity index (χ0n) is 8.19. The zero-order chi connectivity index (χ0) is 10.1. The van der Waals surface area contributed by atoms with Crippen LogP contribution in [0.5, 0.6) is 0 Å². The lowest BCUT2D eigenvalue weighted by Crippen LogP contribution is -1.90. The molecular weight excluding hydrogens is 176 g/mol. The molecular formula is C12H15O2. The molecule has 1 rings (SSSR count). The van der Waals surface area contributed by atoms with Crippen molar-refractivity contribution in [3.8, 4) is 0 Å². The Morgan fingerprint density at radius 3 is 2.64 bits per heavy atom. The summed E-state index contributed by atoms with van der Waals surface area (Å²) in [5.41, 5.74) is 1.17. The van der Waals surface area contributed by atoms with Crippen molar-refractivity contribution >= 4 is 6.29 Å². The van der Waals surface area contributed by atoms with E-state index in [1.807, 2.05) is 30.3 Å². The third-order valence-corrected chi connectivity index (χ3v) is 1.85. The van der Waals surface area contributed by atoms with Gasteiger partial charge in [-0.05, 0) is 18.4 Å². The summed E-state index contributed by atoms with van der Waals surface area (Å²) >= 11 is 0. The molecule has 0 atom stereocenters. The molecule has 1 aromatic rings. The number of hydrogen-bond acceptors (Lipinski definition) is 2. The molecule has 1 aromatic carbocycles. The van der Waals surface area contributed by atoms with Crippen LogP contribution in [0, 0.1) is 6.61 Å². The van der Waals surface area contributed by atoms with Gasteiger partial charge in [0.2, 0.25) is 0 Å². The van der Waals surface area contributed by atoms with Gasteiger partial charge < -0.3 is 9.53 Å². The summed E-state index contributed by atoms with van der Waals surface area (Å²) in [4.78, 5) is 10.0. The van der Waals surface area contributed by atoms with Gasteiger partial charge in [-0.3, -0.25) is 0 Å². The van der Waals surface area contributed by atoms with Crippen LogP contribution in [0.1, 0.15) is 24.8 Å². The van der Waals surface area contributed by atoms with E-state index in [1.54, 1.807) is 6.61 Å². The van der Waals surface area contributed by atoms with Gasteiger partial charge in [-0.1, -0.05) is 30.3 Å². The van der Waals surface area contributed by atoms with Crippen molar-refractivity contribution in [1.29, 1.82) is 0 Å². The molecule has 0 saturated carbocycles. The predicted molar refractivity (Wildman–Crippen MR) is 55.4 cm³/mol. The molecule has 0 aliphatic carbocycles. The van der Waals surface area contributed by atoms with Gasteiger partial charge in [0.1, 0.15) is 6.29 Å². The van der Waals surface area contributed by atoms with Gasteiger partial charge in [-0.2, -0.15) is 0 Å². The summed E-state index contributed by atoms with van der Waals surface area (Å²) in [6.45, 7) is 2.39. The summed E-state index contributed by atoms with van der Waals surface area (Å²) in [7, 11) is 0. The van der Waals surface area contributed by atoms with Crippen molar-refractivity contribution in [1.82, 2.24) is 0 Å². The van der Waals surface area contributed by atoms with Gasteiger partial charge in [0, 0.05) is 6.42 Å². The Hall–Kier alpha value is -1.15. The molecule has 0 spiro atoms. The fraction of sp³-hybridized carbons (Fsp3) is 0.333. The molecule has 1 radical (unpaired) electrons. The average Bonchev–Trinajstić information content (AvgIpc) is 2.25. The number of rotatable bonds is 7. The Morgan fingerprint density at radius 1 is 1.14 bits per heavy atom. The van der Waals surface area contributed by atoms with Crippen molar-refractivity contribution in [2.75, 3.05) is 0 Å². The third-order valence-electron chi connectivity index (χ3n) is 1.85. The lowest BCUT2D eigenvalue weighted by atomic mass is 10.2. The second-order valence-electron chi connectivity index (χ2n) is 3.06. The van der Waals surface area contributed by atoms with E-state index in [9.17, 15) is 4.79 Å². The van der Waals surface area contributed by atoms with E-state index in [-0.39, 0.29) is 0 Å². The highest BCUT2D eigenvalue weighted by Gasteiger charge is 1.92. The molecule has 0 aliphatic heterocycles. The van der Waals surface area contributed by atoms with Crippen LogP contribution in [0.3, 0.4) is 0 Å². The topological polar surface area (TPSA) is 26.3 Å². The SMILES string of the molecule is O=CCCC[CH]OCc1ccccc1. The van der Waals surface area contributed by atoms with Gasteiger partial charge >= 0.3 is 0 Å². The first-order chi connectivity index (χ1) is 6.93. The normalized spacial score (nSPS) is 10.0. The Morgan fingerprint density at radius 2 is 1.93 bits per heavy atom. The summed E-state index contributed by atoms with van der Waals surface area (Å²) in [6, 6.07) is 10.0. The molecule has 2 nitrogen and oxygen atoms in total. The van der Waals surface area contributed by atoms with Crippen LogP contribution < -0.4 is 0 Å². The summed E-state index contributed by atoms with van der Waals surface area (Å²) in [5, 5.41) is 0. The van der Waals surface area contributed by atoms with E-state index < -0.39 is 0 Å². The van der Waals surface area contributed by atoms with Gasteiger partial charge in [0.15, 0.2) is 0 Å². The second-order valence-corrected chi connectivity index (χ2v) is 3.06. The number of carbonyl (C=O) groups is 1. The minimum absolute atomic E-state index is 0.613. The lowest BCUT2D eigenvalue weighted by Gasteiger charge is -2.02. The van der Waals surface area contributed by atoms with Gasteiger partial charge in [0.05, 0.1) is 13.2 Å². The van der Waals surface area contributed by atoms with Crippen LogP contribution in [-0.4, -0.2) is 6.29 Å². The van der Waals surface area contributed by atoms with Crippen molar-refractivity contribution in [2.45, 2.75) is 25.9 Å². The van der Waals surface area contributed by atoms with E-state index in [1.165, 1.54) is 5.56 Å². The number of aldehydes is 1. The average molecular weight is 191 g/mol. The standard InChI is InChI=1S/C12H15O2/c13-9-5-2-6-10-14-11-12-7-3-1-4-8-12/h1,3-4,7-10H,2,5-6,11H2. The third kappa shape index (κ3) is 4.77. The largest absolute Gasteiger partial charge is 0.371 e. The summed E-state index contributed by atoms with van der Waals surface area (Å²) in [6.07, 6.45) is 3.26. The molecule has 14 heavy (non-hydrogen) atoms. The number of ether oxygens (including phenoxy) is 1. The molecule has 0 aromatic heterocycles. The van der Waals surface area contributed by atoms with Crippen LogP contribution in [-0.2, 0) is 16.1 Å². The van der Waals surface area contributed by atoms with Crippen molar-refractivity contribution in [2.24, 2.45) is 0 Å². The first-order valence-corrected chi connectivity index (χ1v) is 4.84. The first kappa shape index (κ1) is 10.9. The van der Waals surface area contributed by atoms with Gasteiger partial charge in [0.25, 0.3) is 0 Å². The van der Waals surface area contributed by atoms with E-state index >= 15 is 0 Å². The maximum absolute atomic E-state index is 10.0. The molecule has 0 aliphatic rings. The lowest BCUT2D eigenvalue weighted by molar-refractivity contribution is -0.107. The fourth-order valence-electron chi connectivity index (χ4n) is 1.10. The minimum atomic E-state index is 0.613. The molecule has 0 heterocycles. The zero-order valence-corrected chi connectivity index (χ0v) is 8.19. The summed E-state index contributed by atoms with van der Waals surface area (Å²) in [5.74, 6) is 0. The quantitative estimate of drug-likeness (QED) is 0.489. The van der Waals surface area contributed by atoms with E-state index in [4.69, 9.17) is 4.74 Å². The van der Waals surface area contributed by atoms with E-state index in [2.05, 4.69) is 0 Å². The molecule has 2 heteroatoms. The highest BCUT2D eigenvalue weighted by Crippen LogP contribution is 2.04. The Balaban J connectivity index is 2.02. The van der Waals surface area contributed by atoms with Crippen LogP contribution in [0.15, 0.2) is 30.3 Å². The van der Waals surface area contributed by atoms with Crippen molar-refractivity contribution < 1.29 is 9.53 Å². The molecule has 0 N–H and O–H groups in total. The number of unbranched alkanes of at least 4 members (excludes halogenated alkanes) is 2. The van der Waals surface area contributed by atoms with Crippen LogP contribution in [0.4, 0.5) is 0 Å². The van der Waals surface area contributed by atoms with Crippen molar-refractivity contribution in [3.05, 3.63) is 42.5 Å². The Labute approximate surface area is 84.9 Å². The maximum atomic E-state index is 10.0. The first-order valence-electron chi connectivity index (χ1n) is 4.84. The Kier molecular flexibility index (Phi) is 5.68. The fourth-order valence-corrected chi connectivity index (χ4v) is 1.10. The maximum Gasteiger partial charge on any atom is 0.119 e. The van der Waals surface area contributed by atoms with E-state index in [0.29, 0.717) is 13.0 Å². The molecule has 0 bridgehead atoms. The predicted octanol–water partition coefficient (Wildman–Crippen LogP) is 2.73. The van der Waals surface area contributed by atoms with Crippen LogP contribution in [0.25, 0.3) is 0 Å². The van der Waals surface area contributed by atoms with E-state index in [0.717, 1.165) is 19.1 Å². The highest BCUT2D eigenvalue weighted by molar-refractivity contribution is 5.48. The monoisotopic (exact) mass is 191 g/mol. The van der Waals surface area contributed by atoms with Crippen LogP contribution >= 0.6 is 0 Å². The number of carbonyl (C=O) groups excluding carboxylic acids is 1. The molecule has 0 fully saturated rings. The molecule has 0 amide bonds. The van der Waals surface area contributed by atoms with Crippen molar-refractivity contribution in [3.63, 3.8) is 0 Å². The summed E-state index contributed by atoms with van der Waals surface area (Å²) < 4.78 is 5.33. The number of benzene rings is 1. The Bertz CT molecular complexity index is 244. The number of hydrogen-bond donors (Lipinski definition) is 0. The second kappa shape index (κ2) is 7.27. The molecule has 75 valence electrons.